The molecule has 0 aliphatic rings. The summed E-state index contributed by atoms with van der Waals surface area (Å²) >= 11 is 0. The summed E-state index contributed by atoms with van der Waals surface area (Å²) in [4.78, 5) is 0. The van der Waals surface area contributed by atoms with Gasteiger partial charge in [0, 0.05) is 12.5 Å². The van der Waals surface area contributed by atoms with Crippen LogP contribution in [0.25, 0.3) is 0 Å². The van der Waals surface area contributed by atoms with Crippen LogP contribution in [0.3, 0.4) is 0 Å². The molecule has 4 heteroatoms. The third-order valence-corrected chi connectivity index (χ3v) is 1.84. The third-order valence-electron chi connectivity index (χ3n) is 1.84. The number of benzene rings is 1. The average Bonchev–Trinajstić information content (AvgIpc) is 2.23. The first-order valence-electron chi connectivity index (χ1n) is 4.69. The molecular weight excluding hydrogens is 200 g/mol. The Bertz CT molecular complexity index is 360. The molecule has 0 saturated heterocycles. The van der Waals surface area contributed by atoms with Gasteiger partial charge < -0.3 is 4.74 Å². The molecular formula is C11H11F2NO. The van der Waals surface area contributed by atoms with Gasteiger partial charge in [0.15, 0.2) is 11.6 Å². The molecule has 0 aliphatic heterocycles. The number of hydrogen-bond donors (Lipinski definition) is 0. The summed E-state index contributed by atoms with van der Waals surface area (Å²) in [7, 11) is 0. The van der Waals surface area contributed by atoms with Crippen molar-refractivity contribution in [3.63, 3.8) is 0 Å². The Labute approximate surface area is 87.1 Å². The van der Waals surface area contributed by atoms with E-state index in [2.05, 4.69) is 0 Å². The largest absolute Gasteiger partial charge is 0.493 e. The van der Waals surface area contributed by atoms with Crippen molar-refractivity contribution < 1.29 is 13.5 Å². The fraction of sp³-hybridized carbons (Fsp3) is 0.364. The summed E-state index contributed by atoms with van der Waals surface area (Å²) in [6.45, 7) is 0.409. The minimum absolute atomic E-state index is 0.311. The van der Waals surface area contributed by atoms with E-state index in [4.69, 9.17) is 10.00 Å². The summed E-state index contributed by atoms with van der Waals surface area (Å²) in [6, 6.07) is 5.44. The van der Waals surface area contributed by atoms with Gasteiger partial charge in [0.05, 0.1) is 12.7 Å². The van der Waals surface area contributed by atoms with Crippen LogP contribution in [0.5, 0.6) is 5.75 Å². The third kappa shape index (κ3) is 3.94. The Morgan fingerprint density at radius 1 is 1.20 bits per heavy atom. The lowest BCUT2D eigenvalue weighted by atomic mass is 10.2. The second-order valence-electron chi connectivity index (χ2n) is 3.04. The minimum atomic E-state index is -0.912. The molecule has 0 unspecified atom stereocenters. The van der Waals surface area contributed by atoms with Crippen molar-refractivity contribution in [2.75, 3.05) is 6.61 Å². The predicted octanol–water partition coefficient (Wildman–Crippen LogP) is 3.04. The van der Waals surface area contributed by atoms with Crippen LogP contribution in [0.4, 0.5) is 8.78 Å². The fourth-order valence-electron chi connectivity index (χ4n) is 1.06. The SMILES string of the molecule is N#CCCCCOc1ccc(F)c(F)c1. The monoisotopic (exact) mass is 211 g/mol. The highest BCUT2D eigenvalue weighted by Crippen LogP contribution is 2.15. The molecule has 0 N–H and O–H groups in total. The highest BCUT2D eigenvalue weighted by Gasteiger charge is 2.02. The van der Waals surface area contributed by atoms with Gasteiger partial charge in [-0.25, -0.2) is 8.78 Å². The number of rotatable bonds is 5. The van der Waals surface area contributed by atoms with Crippen LogP contribution in [-0.2, 0) is 0 Å². The molecule has 0 heterocycles. The Kier molecular flexibility index (Phi) is 4.55. The maximum atomic E-state index is 12.7. The summed E-state index contributed by atoms with van der Waals surface area (Å²) in [6.07, 6.45) is 1.97. The standard InChI is InChI=1S/C11H11F2NO/c12-10-5-4-9(8-11(10)13)15-7-3-1-2-6-14/h4-5,8H,1-3,7H2. The van der Waals surface area contributed by atoms with Gasteiger partial charge in [0.25, 0.3) is 0 Å². The maximum Gasteiger partial charge on any atom is 0.162 e. The first-order chi connectivity index (χ1) is 7.24. The van der Waals surface area contributed by atoms with E-state index < -0.39 is 11.6 Å². The zero-order chi connectivity index (χ0) is 11.1. The second kappa shape index (κ2) is 5.97. The molecule has 0 saturated carbocycles. The summed E-state index contributed by atoms with van der Waals surface area (Å²) in [5.41, 5.74) is 0. The van der Waals surface area contributed by atoms with Gasteiger partial charge in [0.1, 0.15) is 5.75 Å². The zero-order valence-corrected chi connectivity index (χ0v) is 8.17. The van der Waals surface area contributed by atoms with Crippen LogP contribution in [0.2, 0.25) is 0 Å². The highest BCUT2D eigenvalue weighted by molar-refractivity contribution is 5.23. The topological polar surface area (TPSA) is 33.0 Å². The molecule has 80 valence electrons. The molecule has 0 fully saturated rings. The zero-order valence-electron chi connectivity index (χ0n) is 8.17. The molecule has 1 aromatic rings. The van der Waals surface area contributed by atoms with Crippen LogP contribution >= 0.6 is 0 Å². The molecule has 0 atom stereocenters. The van der Waals surface area contributed by atoms with Crippen molar-refractivity contribution >= 4 is 0 Å². The van der Waals surface area contributed by atoms with Crippen molar-refractivity contribution in [2.45, 2.75) is 19.3 Å². The second-order valence-corrected chi connectivity index (χ2v) is 3.04. The van der Waals surface area contributed by atoms with Gasteiger partial charge >= 0.3 is 0 Å². The fourth-order valence-corrected chi connectivity index (χ4v) is 1.06. The number of ether oxygens (including phenoxy) is 1. The molecule has 15 heavy (non-hydrogen) atoms. The molecule has 2 nitrogen and oxygen atoms in total. The Morgan fingerprint density at radius 3 is 2.67 bits per heavy atom. The molecule has 0 aromatic heterocycles. The lowest BCUT2D eigenvalue weighted by Crippen LogP contribution is -1.98. The van der Waals surface area contributed by atoms with Crippen LogP contribution < -0.4 is 4.74 Å². The molecule has 1 rings (SSSR count). The summed E-state index contributed by atoms with van der Waals surface area (Å²) in [5, 5.41) is 8.27. The van der Waals surface area contributed by atoms with E-state index in [0.717, 1.165) is 25.0 Å². The number of nitrogens with zero attached hydrogens (tertiary/aromatic N) is 1. The maximum absolute atomic E-state index is 12.7. The predicted molar refractivity (Wildman–Crippen MR) is 51.3 cm³/mol. The van der Waals surface area contributed by atoms with Gasteiger partial charge in [0.2, 0.25) is 0 Å². The van der Waals surface area contributed by atoms with Crippen LogP contribution in [0.15, 0.2) is 18.2 Å². The van der Waals surface area contributed by atoms with Gasteiger partial charge in [-0.15, -0.1) is 0 Å². The average molecular weight is 211 g/mol. The summed E-state index contributed by atoms with van der Waals surface area (Å²) in [5.74, 6) is -1.48. The van der Waals surface area contributed by atoms with Gasteiger partial charge in [-0.3, -0.25) is 0 Å². The van der Waals surface area contributed by atoms with Crippen LogP contribution in [-0.4, -0.2) is 6.61 Å². The van der Waals surface area contributed by atoms with Crippen molar-refractivity contribution in [2.24, 2.45) is 0 Å². The first-order valence-corrected chi connectivity index (χ1v) is 4.69. The van der Waals surface area contributed by atoms with E-state index in [1.54, 1.807) is 0 Å². The van der Waals surface area contributed by atoms with E-state index in [9.17, 15) is 8.78 Å². The quantitative estimate of drug-likeness (QED) is 0.701. The molecule has 0 aliphatic carbocycles. The Balaban J connectivity index is 2.32. The van der Waals surface area contributed by atoms with Crippen LogP contribution in [0, 0.1) is 23.0 Å². The molecule has 0 spiro atoms. The van der Waals surface area contributed by atoms with Crippen molar-refractivity contribution in [1.82, 2.24) is 0 Å². The van der Waals surface area contributed by atoms with E-state index in [-0.39, 0.29) is 0 Å². The Hall–Kier alpha value is -1.63. The number of nitriles is 1. The van der Waals surface area contributed by atoms with E-state index in [0.29, 0.717) is 18.8 Å². The minimum Gasteiger partial charge on any atom is -0.493 e. The van der Waals surface area contributed by atoms with E-state index in [1.165, 1.54) is 6.07 Å². The lowest BCUT2D eigenvalue weighted by Gasteiger charge is -2.05. The van der Waals surface area contributed by atoms with Gasteiger partial charge in [-0.05, 0) is 25.0 Å². The van der Waals surface area contributed by atoms with Crippen molar-refractivity contribution in [3.05, 3.63) is 29.8 Å². The number of unbranched alkanes of at least 4 members (excludes halogenated alkanes) is 2. The number of halogens is 2. The van der Waals surface area contributed by atoms with Crippen molar-refractivity contribution in [3.8, 4) is 11.8 Å². The first kappa shape index (κ1) is 11.4. The normalized spacial score (nSPS) is 9.67. The van der Waals surface area contributed by atoms with Crippen molar-refractivity contribution in [1.29, 1.82) is 5.26 Å². The Morgan fingerprint density at radius 2 is 2.00 bits per heavy atom. The molecule has 1 aromatic carbocycles. The number of hydrogen-bond acceptors (Lipinski definition) is 2. The highest BCUT2D eigenvalue weighted by atomic mass is 19.2. The van der Waals surface area contributed by atoms with E-state index in [1.807, 2.05) is 6.07 Å². The lowest BCUT2D eigenvalue weighted by molar-refractivity contribution is 0.305. The summed E-state index contributed by atoms with van der Waals surface area (Å²) < 4.78 is 30.4. The molecule has 0 radical (unpaired) electrons. The molecule has 0 bridgehead atoms. The van der Waals surface area contributed by atoms with E-state index >= 15 is 0 Å². The van der Waals surface area contributed by atoms with Crippen LogP contribution in [0.1, 0.15) is 19.3 Å². The van der Waals surface area contributed by atoms with Gasteiger partial charge in [-0.1, -0.05) is 0 Å². The molecule has 0 amide bonds. The van der Waals surface area contributed by atoms with Gasteiger partial charge in [-0.2, -0.15) is 5.26 Å². The smallest absolute Gasteiger partial charge is 0.162 e.